The average molecular weight is 699 g/mol. The zero-order valence-electron chi connectivity index (χ0n) is 28.4. The van der Waals surface area contributed by atoms with Crippen molar-refractivity contribution < 1.29 is 23.2 Å². The third kappa shape index (κ3) is 7.36. The molecule has 1 atom stereocenters. The summed E-state index contributed by atoms with van der Waals surface area (Å²) in [7, 11) is 4.01. The predicted molar refractivity (Wildman–Crippen MR) is 197 cm³/mol. The first-order chi connectivity index (χ1) is 23.6. The number of allylic oxidation sites excluding steroid dienone is 1. The summed E-state index contributed by atoms with van der Waals surface area (Å²) in [6, 6.07) is 22.8. The maximum absolute atomic E-state index is 16.2. The highest BCUT2D eigenvalue weighted by atomic mass is 35.5. The van der Waals surface area contributed by atoms with Gasteiger partial charge >= 0.3 is 0 Å². The Balaban J connectivity index is 0.00000486. The summed E-state index contributed by atoms with van der Waals surface area (Å²) in [6.07, 6.45) is 5.44. The number of amides is 2. The number of para-hydroxylation sites is 2. The van der Waals surface area contributed by atoms with Gasteiger partial charge in [0, 0.05) is 71.8 Å². The molecule has 3 aromatic carbocycles. The van der Waals surface area contributed by atoms with E-state index in [4.69, 9.17) is 0 Å². The van der Waals surface area contributed by atoms with Crippen LogP contribution in [0.4, 0.5) is 20.2 Å². The topological polar surface area (TPSA) is 73.0 Å². The highest BCUT2D eigenvalue weighted by Crippen LogP contribution is 2.46. The molecule has 2 aliphatic heterocycles. The van der Waals surface area contributed by atoms with Crippen LogP contribution in [0.15, 0.2) is 108 Å². The molecule has 3 aliphatic rings. The van der Waals surface area contributed by atoms with Gasteiger partial charge in [-0.25, -0.2) is 13.6 Å². The Labute approximate surface area is 298 Å². The number of fused-ring (bicyclic) bond motifs is 1. The summed E-state index contributed by atoms with van der Waals surface area (Å²) < 4.78 is 32.3. The van der Waals surface area contributed by atoms with Crippen LogP contribution >= 0.6 is 12.4 Å². The summed E-state index contributed by atoms with van der Waals surface area (Å²) in [4.78, 5) is 45.8. The predicted octanol–water partition coefficient (Wildman–Crippen LogP) is 6.99. The lowest BCUT2D eigenvalue weighted by molar-refractivity contribution is -0.127. The molecule has 260 valence electrons. The van der Waals surface area contributed by atoms with E-state index in [1.807, 2.05) is 63.5 Å². The largest absolute Gasteiger partial charge is 0.359 e. The number of alkyl halides is 2. The number of anilines is 2. The van der Waals surface area contributed by atoms with Crippen molar-refractivity contribution in [3.05, 3.63) is 125 Å². The van der Waals surface area contributed by atoms with Gasteiger partial charge < -0.3 is 20.0 Å². The van der Waals surface area contributed by atoms with E-state index in [0.717, 1.165) is 24.5 Å². The summed E-state index contributed by atoms with van der Waals surface area (Å²) in [5.41, 5.74) is 3.30. The second kappa shape index (κ2) is 15.4. The van der Waals surface area contributed by atoms with Crippen LogP contribution in [0.1, 0.15) is 36.0 Å². The molecule has 6 rings (SSSR count). The first-order valence-corrected chi connectivity index (χ1v) is 16.6. The number of nitrogens with zero attached hydrogens (tertiary/aromatic N) is 3. The van der Waals surface area contributed by atoms with Crippen molar-refractivity contribution in [1.82, 2.24) is 9.80 Å². The first-order valence-electron chi connectivity index (χ1n) is 16.6. The fourth-order valence-electron chi connectivity index (χ4n) is 7.04. The van der Waals surface area contributed by atoms with Gasteiger partial charge in [0.2, 0.25) is 5.91 Å². The summed E-state index contributed by atoms with van der Waals surface area (Å²) in [6.45, 7) is 2.78. The van der Waals surface area contributed by atoms with Crippen molar-refractivity contribution in [3.63, 3.8) is 0 Å². The minimum atomic E-state index is -3.32. The second-order valence-corrected chi connectivity index (χ2v) is 13.0. The van der Waals surface area contributed by atoms with Gasteiger partial charge in [-0.15, -0.1) is 12.4 Å². The monoisotopic (exact) mass is 698 g/mol. The molecule has 10 heteroatoms. The standard InChI is InChI=1S/C40H40F2N4O3.ClH/c1-27-11-7-8-14-30(27)38-32(39(49)43-28-12-5-4-6-13-28)17-18-36(33(38)26-47)46-24-21-40(41,42)34(31-15-9-10-16-35(31)46)25-37(48)45-22-19-29(20-23-45)44(2)3;/h4-18,25,29,36H,19-24H2,1-3H3,(H,43,49);1H. The Hall–Kier alpha value is -4.82. The molecule has 1 fully saturated rings. The van der Waals surface area contributed by atoms with Gasteiger partial charge in [0.05, 0.1) is 11.6 Å². The minimum Gasteiger partial charge on any atom is -0.359 e. The highest BCUT2D eigenvalue weighted by molar-refractivity contribution is 6.15. The van der Waals surface area contributed by atoms with Crippen molar-refractivity contribution in [1.29, 1.82) is 0 Å². The molecule has 2 heterocycles. The van der Waals surface area contributed by atoms with Crippen molar-refractivity contribution >= 4 is 52.7 Å². The fourth-order valence-corrected chi connectivity index (χ4v) is 7.04. The smallest absolute Gasteiger partial charge is 0.275 e. The van der Waals surface area contributed by atoms with E-state index in [0.29, 0.717) is 41.6 Å². The molecule has 0 spiro atoms. The van der Waals surface area contributed by atoms with E-state index in [2.05, 4.69) is 16.2 Å². The number of benzene rings is 3. The van der Waals surface area contributed by atoms with E-state index < -0.39 is 30.2 Å². The van der Waals surface area contributed by atoms with Gasteiger partial charge in [-0.05, 0) is 63.2 Å². The van der Waals surface area contributed by atoms with Gasteiger partial charge in [-0.3, -0.25) is 9.59 Å². The van der Waals surface area contributed by atoms with Gasteiger partial charge in [-0.1, -0.05) is 72.8 Å². The van der Waals surface area contributed by atoms with Crippen LogP contribution in [0, 0.1) is 6.92 Å². The third-order valence-corrected chi connectivity index (χ3v) is 9.75. The highest BCUT2D eigenvalue weighted by Gasteiger charge is 2.43. The number of piperidine rings is 1. The lowest BCUT2D eigenvalue weighted by atomic mass is 9.82. The maximum atomic E-state index is 16.2. The van der Waals surface area contributed by atoms with Crippen molar-refractivity contribution in [3.8, 4) is 0 Å². The average Bonchev–Trinajstić information content (AvgIpc) is 3.21. The molecule has 50 heavy (non-hydrogen) atoms. The molecule has 7 nitrogen and oxygen atoms in total. The summed E-state index contributed by atoms with van der Waals surface area (Å²) in [5, 5.41) is 2.92. The Kier molecular flexibility index (Phi) is 11.2. The molecule has 2 amide bonds. The lowest BCUT2D eigenvalue weighted by Gasteiger charge is -2.35. The van der Waals surface area contributed by atoms with E-state index in [1.54, 1.807) is 58.4 Å². The normalized spacial score (nSPS) is 19.8. The van der Waals surface area contributed by atoms with E-state index in [-0.39, 0.29) is 41.2 Å². The van der Waals surface area contributed by atoms with E-state index in [1.165, 1.54) is 0 Å². The fraction of sp³-hybridized carbons (Fsp3) is 0.300. The maximum Gasteiger partial charge on any atom is 0.275 e. The number of hydrogen-bond acceptors (Lipinski definition) is 5. The van der Waals surface area contributed by atoms with Crippen LogP contribution in [0.2, 0.25) is 0 Å². The number of aryl methyl sites for hydroxylation is 1. The number of carbonyl (C=O) groups is 2. The zero-order chi connectivity index (χ0) is 34.7. The van der Waals surface area contributed by atoms with E-state index >= 15 is 8.78 Å². The quantitative estimate of drug-likeness (QED) is 0.222. The molecule has 0 bridgehead atoms. The Morgan fingerprint density at radius 2 is 1.56 bits per heavy atom. The molecule has 1 saturated heterocycles. The van der Waals surface area contributed by atoms with Gasteiger partial charge in [0.15, 0.2) is 0 Å². The molecular formula is C40H41ClF2N4O3. The summed E-state index contributed by atoms with van der Waals surface area (Å²) in [5.74, 6) is -2.04. The van der Waals surface area contributed by atoms with Crippen LogP contribution in [-0.4, -0.2) is 79.3 Å². The second-order valence-electron chi connectivity index (χ2n) is 13.0. The number of carbonyl (C=O) groups excluding carboxylic acids is 3. The number of rotatable bonds is 6. The third-order valence-electron chi connectivity index (χ3n) is 9.75. The Morgan fingerprint density at radius 1 is 0.920 bits per heavy atom. The number of hydrogen-bond donors (Lipinski definition) is 1. The number of likely N-dealkylation sites (tertiary alicyclic amines) is 1. The SMILES string of the molecule is Cc1ccccc1C1=C(C(=O)Nc2ccccc2)C=CC(N2CCC(F)(F)C(=CC(=O)N3CCC(N(C)C)CC3)c3ccccc32)C1=C=O.Cl. The van der Waals surface area contributed by atoms with Gasteiger partial charge in [0.25, 0.3) is 11.8 Å². The molecule has 1 aliphatic carbocycles. The first kappa shape index (κ1) is 36.5. The molecule has 1 unspecified atom stereocenters. The minimum absolute atomic E-state index is 0. The number of nitrogens with one attached hydrogen (secondary N) is 1. The molecule has 0 aromatic heterocycles. The van der Waals surface area contributed by atoms with Gasteiger partial charge in [-0.2, -0.15) is 0 Å². The Bertz CT molecular complexity index is 1890. The van der Waals surface area contributed by atoms with Crippen LogP contribution < -0.4 is 10.2 Å². The summed E-state index contributed by atoms with van der Waals surface area (Å²) >= 11 is 0. The van der Waals surface area contributed by atoms with Crippen molar-refractivity contribution in [2.24, 2.45) is 0 Å². The number of halogens is 3. The molecule has 0 saturated carbocycles. The van der Waals surface area contributed by atoms with Gasteiger partial charge in [0.1, 0.15) is 5.94 Å². The van der Waals surface area contributed by atoms with E-state index in [9.17, 15) is 14.4 Å². The Morgan fingerprint density at radius 3 is 2.22 bits per heavy atom. The van der Waals surface area contributed by atoms with Crippen LogP contribution in [0.3, 0.4) is 0 Å². The lowest BCUT2D eigenvalue weighted by Crippen LogP contribution is -2.44. The van der Waals surface area contributed by atoms with Crippen molar-refractivity contribution in [2.75, 3.05) is 43.9 Å². The zero-order valence-corrected chi connectivity index (χ0v) is 29.2. The molecule has 0 radical (unpaired) electrons. The van der Waals surface area contributed by atoms with Crippen molar-refractivity contribution in [2.45, 2.75) is 44.2 Å². The van der Waals surface area contributed by atoms with Crippen LogP contribution in [0.25, 0.3) is 11.1 Å². The molecule has 3 aromatic rings. The van der Waals surface area contributed by atoms with Crippen LogP contribution in [0.5, 0.6) is 0 Å². The molecule has 1 N–H and O–H groups in total. The van der Waals surface area contributed by atoms with Crippen LogP contribution in [-0.2, 0) is 14.4 Å². The molecular weight excluding hydrogens is 658 g/mol.